The monoisotopic (exact) mass is 443 g/mol. The maximum Gasteiger partial charge on any atom is 0.324 e. The van der Waals surface area contributed by atoms with Crippen LogP contribution in [0.2, 0.25) is 0 Å². The lowest BCUT2D eigenvalue weighted by Gasteiger charge is -2.26. The average molecular weight is 443 g/mol. The Bertz CT molecular complexity index is 856. The third kappa shape index (κ3) is 9.31. The van der Waals surface area contributed by atoms with Crippen LogP contribution in [-0.2, 0) is 23.9 Å². The number of esters is 3. The van der Waals surface area contributed by atoms with Crippen LogP contribution in [0.5, 0.6) is 5.75 Å². The number of carbonyl (C=O) groups is 3. The van der Waals surface area contributed by atoms with E-state index in [9.17, 15) is 24.5 Å². The highest BCUT2D eigenvalue weighted by atomic mass is 16.6. The normalized spacial score (nSPS) is 10.3. The fourth-order valence-electron chi connectivity index (χ4n) is 2.32. The fourth-order valence-corrected chi connectivity index (χ4v) is 2.32. The minimum Gasteiger partial charge on any atom is -0.464 e. The van der Waals surface area contributed by atoms with Gasteiger partial charge in [-0.1, -0.05) is 0 Å². The minimum atomic E-state index is -1.51. The van der Waals surface area contributed by atoms with Crippen LogP contribution in [0.4, 0.5) is 5.69 Å². The highest BCUT2D eigenvalue weighted by Crippen LogP contribution is 2.24. The van der Waals surface area contributed by atoms with E-state index in [1.807, 2.05) is 0 Å². The molecule has 0 fully saturated rings. The lowest BCUT2D eigenvalue weighted by atomic mass is 9.93. The van der Waals surface area contributed by atoms with Crippen molar-refractivity contribution in [2.45, 2.75) is 45.4 Å². The van der Waals surface area contributed by atoms with Crippen LogP contribution < -0.4 is 4.74 Å². The zero-order valence-corrected chi connectivity index (χ0v) is 17.8. The molecule has 0 aliphatic heterocycles. The summed E-state index contributed by atoms with van der Waals surface area (Å²) in [5.41, 5.74) is -1.68. The Balaban J connectivity index is 2.84. The summed E-state index contributed by atoms with van der Waals surface area (Å²) in [4.78, 5) is 46.8. The van der Waals surface area contributed by atoms with E-state index in [-0.39, 0.29) is 24.3 Å². The van der Waals surface area contributed by atoms with Gasteiger partial charge in [-0.2, -0.15) is 0 Å². The van der Waals surface area contributed by atoms with Crippen LogP contribution in [0.15, 0.2) is 24.3 Å². The van der Waals surface area contributed by atoms with Crippen LogP contribution in [0.1, 0.15) is 45.4 Å². The van der Waals surface area contributed by atoms with Crippen molar-refractivity contribution >= 4 is 23.6 Å². The van der Waals surface area contributed by atoms with E-state index in [1.54, 1.807) is 0 Å². The van der Waals surface area contributed by atoms with E-state index < -0.39 is 41.5 Å². The summed E-state index contributed by atoms with van der Waals surface area (Å²) in [5, 5.41) is 10.8. The molecule has 1 rings (SSSR count). The lowest BCUT2D eigenvalue weighted by Crippen LogP contribution is -2.41. The van der Waals surface area contributed by atoms with Crippen LogP contribution in [0.25, 0.3) is 0 Å². The molecule has 0 saturated heterocycles. The Kier molecular flexibility index (Phi) is 11.0. The van der Waals surface area contributed by atoms with Gasteiger partial charge < -0.3 is 14.2 Å². The van der Waals surface area contributed by atoms with Gasteiger partial charge in [0.1, 0.15) is 24.4 Å². The molecule has 0 amide bonds. The molecule has 0 radical (unpaired) electrons. The number of unbranched alkanes of at least 4 members (excludes halogenated alkanes) is 2. The molecule has 0 heterocycles. The molecule has 32 heavy (non-hydrogen) atoms. The second kappa shape index (κ2) is 13.5. The number of nitro groups is 1. The van der Waals surface area contributed by atoms with Crippen molar-refractivity contribution in [2.75, 3.05) is 13.2 Å². The molecule has 9 nitrogen and oxygen atoms in total. The first-order chi connectivity index (χ1) is 15.2. The highest BCUT2D eigenvalue weighted by molar-refractivity contribution is 5.80. The van der Waals surface area contributed by atoms with Gasteiger partial charge >= 0.3 is 17.9 Å². The van der Waals surface area contributed by atoms with Gasteiger partial charge in [0.15, 0.2) is 0 Å². The summed E-state index contributed by atoms with van der Waals surface area (Å²) in [5.74, 6) is 2.92. The number of hydrogen-bond donors (Lipinski definition) is 0. The summed E-state index contributed by atoms with van der Waals surface area (Å²) in [6, 6.07) is 4.87. The number of non-ortho nitro benzene ring substituents is 1. The minimum absolute atomic E-state index is 0.0486. The first kappa shape index (κ1) is 26.2. The predicted octanol–water partition coefficient (Wildman–Crippen LogP) is 3.20. The van der Waals surface area contributed by atoms with Gasteiger partial charge in [-0.3, -0.25) is 24.5 Å². The summed E-state index contributed by atoms with van der Waals surface area (Å²) in [6.45, 7) is 0.626. The second-order valence-corrected chi connectivity index (χ2v) is 7.14. The van der Waals surface area contributed by atoms with Crippen molar-refractivity contribution in [3.05, 3.63) is 34.4 Å². The van der Waals surface area contributed by atoms with Gasteiger partial charge in [-0.15, -0.1) is 24.7 Å². The molecule has 1 aromatic carbocycles. The number of rotatable bonds is 13. The van der Waals surface area contributed by atoms with Crippen molar-refractivity contribution in [2.24, 2.45) is 5.41 Å². The van der Waals surface area contributed by atoms with Gasteiger partial charge in [-0.25, -0.2) is 0 Å². The molecule has 0 spiro atoms. The van der Waals surface area contributed by atoms with Crippen LogP contribution in [-0.4, -0.2) is 36.0 Å². The summed E-state index contributed by atoms with van der Waals surface area (Å²) >= 11 is 0. The standard InChI is InChI=1S/C23H25NO8/c1-4-6-8-10-20(25)30-16-23(3,17-31-21(26)11-9-7-5-2)22(27)32-19-14-12-18(13-15-19)24(28)29/h1-2,12-15H,6-11,16-17H2,3H3. The summed E-state index contributed by atoms with van der Waals surface area (Å²) < 4.78 is 15.6. The van der Waals surface area contributed by atoms with E-state index >= 15 is 0 Å². The van der Waals surface area contributed by atoms with Crippen LogP contribution in [0, 0.1) is 40.2 Å². The molecule has 170 valence electrons. The number of terminal acetylenes is 2. The van der Waals surface area contributed by atoms with Gasteiger partial charge in [0.2, 0.25) is 0 Å². The van der Waals surface area contributed by atoms with Gasteiger partial charge in [0.05, 0.1) is 4.92 Å². The number of benzene rings is 1. The molecule has 9 heteroatoms. The van der Waals surface area contributed by atoms with E-state index in [4.69, 9.17) is 27.1 Å². The largest absolute Gasteiger partial charge is 0.464 e. The number of carbonyl (C=O) groups excluding carboxylic acids is 3. The first-order valence-corrected chi connectivity index (χ1v) is 9.87. The summed E-state index contributed by atoms with van der Waals surface area (Å²) in [7, 11) is 0. The quantitative estimate of drug-likeness (QED) is 0.114. The van der Waals surface area contributed by atoms with Crippen LogP contribution in [0.3, 0.4) is 0 Å². The number of ether oxygens (including phenoxy) is 3. The number of hydrogen-bond acceptors (Lipinski definition) is 8. The zero-order valence-electron chi connectivity index (χ0n) is 17.8. The molecule has 0 atom stereocenters. The van der Waals surface area contributed by atoms with E-state index in [0.29, 0.717) is 25.7 Å². The third-order valence-electron chi connectivity index (χ3n) is 4.26. The van der Waals surface area contributed by atoms with Crippen molar-refractivity contribution in [3.8, 4) is 30.4 Å². The lowest BCUT2D eigenvalue weighted by molar-refractivity contribution is -0.384. The average Bonchev–Trinajstić information content (AvgIpc) is 2.77. The molecule has 0 aliphatic rings. The van der Waals surface area contributed by atoms with E-state index in [0.717, 1.165) is 0 Å². The fraction of sp³-hybridized carbons (Fsp3) is 0.435. The summed E-state index contributed by atoms with van der Waals surface area (Å²) in [6.07, 6.45) is 12.1. The van der Waals surface area contributed by atoms with Crippen molar-refractivity contribution in [1.82, 2.24) is 0 Å². The van der Waals surface area contributed by atoms with Crippen molar-refractivity contribution in [1.29, 1.82) is 0 Å². The Labute approximate surface area is 186 Å². The Morgan fingerprint density at radius 2 is 1.44 bits per heavy atom. The van der Waals surface area contributed by atoms with E-state index in [2.05, 4.69) is 11.8 Å². The van der Waals surface area contributed by atoms with E-state index in [1.165, 1.54) is 31.2 Å². The molecule has 0 bridgehead atoms. The Hall–Kier alpha value is -3.85. The highest BCUT2D eigenvalue weighted by Gasteiger charge is 2.39. The molecule has 0 saturated carbocycles. The Morgan fingerprint density at radius 1 is 0.969 bits per heavy atom. The van der Waals surface area contributed by atoms with Gasteiger partial charge in [0, 0.05) is 37.8 Å². The molecular formula is C23H25NO8. The molecule has 0 aliphatic carbocycles. The maximum atomic E-state index is 12.8. The van der Waals surface area contributed by atoms with Crippen LogP contribution >= 0.6 is 0 Å². The predicted molar refractivity (Wildman–Crippen MR) is 114 cm³/mol. The van der Waals surface area contributed by atoms with Crippen molar-refractivity contribution < 1.29 is 33.5 Å². The topological polar surface area (TPSA) is 122 Å². The Morgan fingerprint density at radius 3 is 1.84 bits per heavy atom. The molecule has 0 aromatic heterocycles. The zero-order chi connectivity index (χ0) is 24.0. The maximum absolute atomic E-state index is 12.8. The second-order valence-electron chi connectivity index (χ2n) is 7.14. The number of nitro benzene ring substituents is 1. The van der Waals surface area contributed by atoms with Gasteiger partial charge in [-0.05, 0) is 31.9 Å². The van der Waals surface area contributed by atoms with Crippen molar-refractivity contribution in [3.63, 3.8) is 0 Å². The SMILES string of the molecule is C#CCCCC(=O)OCC(C)(COC(=O)CCCC#C)C(=O)Oc1ccc([N+](=O)[O-])cc1. The molecule has 1 aromatic rings. The molecular weight excluding hydrogens is 418 g/mol. The number of nitrogens with zero attached hydrogens (tertiary/aromatic N) is 1. The first-order valence-electron chi connectivity index (χ1n) is 9.87. The van der Waals surface area contributed by atoms with Gasteiger partial charge in [0.25, 0.3) is 5.69 Å². The molecule has 0 N–H and O–H groups in total. The molecule has 0 unspecified atom stereocenters. The smallest absolute Gasteiger partial charge is 0.324 e. The third-order valence-corrected chi connectivity index (χ3v) is 4.26.